The Bertz CT molecular complexity index is 336. The average Bonchev–Trinajstić information content (AvgIpc) is 2.41. The molecular weight excluding hydrogens is 274 g/mol. The number of rotatable bonds is 7. The van der Waals surface area contributed by atoms with Gasteiger partial charge in [-0.25, -0.2) is 0 Å². The molecule has 1 aliphatic rings. The maximum Gasteiger partial charge on any atom is 0.220 e. The second-order valence-corrected chi connectivity index (χ2v) is 8.19. The van der Waals surface area contributed by atoms with Crippen molar-refractivity contribution in [3.63, 3.8) is 0 Å². The van der Waals surface area contributed by atoms with Crippen LogP contribution in [0, 0.1) is 5.92 Å². The summed E-state index contributed by atoms with van der Waals surface area (Å²) in [5.74, 6) is 0.951. The Morgan fingerprint density at radius 3 is 2.50 bits per heavy atom. The van der Waals surface area contributed by atoms with Gasteiger partial charge in [0.05, 0.1) is 0 Å². The van der Waals surface area contributed by atoms with Crippen LogP contribution in [0.2, 0.25) is 0 Å². The third-order valence-electron chi connectivity index (χ3n) is 4.70. The van der Waals surface area contributed by atoms with Crippen LogP contribution in [0.5, 0.6) is 0 Å². The first-order valence-electron chi connectivity index (χ1n) is 8.92. The highest BCUT2D eigenvalue weighted by Gasteiger charge is 2.30. The number of nitrogens with one attached hydrogen (secondary N) is 1. The number of nitrogens with zero attached hydrogens (tertiary/aromatic N) is 2. The molecular formula is C18H37N3O. The van der Waals surface area contributed by atoms with Crippen molar-refractivity contribution in [2.45, 2.75) is 71.9 Å². The van der Waals surface area contributed by atoms with E-state index >= 15 is 0 Å². The van der Waals surface area contributed by atoms with Gasteiger partial charge in [-0.1, -0.05) is 26.7 Å². The molecule has 1 fully saturated rings. The van der Waals surface area contributed by atoms with Crippen molar-refractivity contribution in [2.75, 3.05) is 33.2 Å². The minimum Gasteiger partial charge on any atom is -0.354 e. The fraction of sp³-hybridized carbons (Fsp3) is 0.944. The van der Waals surface area contributed by atoms with Gasteiger partial charge in [0.15, 0.2) is 0 Å². The lowest BCUT2D eigenvalue weighted by Gasteiger charge is -2.45. The third kappa shape index (κ3) is 7.10. The molecule has 0 spiro atoms. The van der Waals surface area contributed by atoms with Gasteiger partial charge in [0.25, 0.3) is 0 Å². The molecule has 0 aromatic rings. The summed E-state index contributed by atoms with van der Waals surface area (Å²) in [6.45, 7) is 15.3. The Balaban J connectivity index is 2.28. The summed E-state index contributed by atoms with van der Waals surface area (Å²) in [6, 6.07) is 0.424. The van der Waals surface area contributed by atoms with Crippen molar-refractivity contribution in [2.24, 2.45) is 5.92 Å². The van der Waals surface area contributed by atoms with E-state index < -0.39 is 0 Å². The highest BCUT2D eigenvalue weighted by molar-refractivity contribution is 5.75. The van der Waals surface area contributed by atoms with E-state index in [0.717, 1.165) is 44.9 Å². The lowest BCUT2D eigenvalue weighted by molar-refractivity contribution is -0.121. The standard InChI is InChI=1S/C18H37N3O/c1-15(2)9-7-8-10-17(22)19-13-16-14-21(18(3,4)5)12-11-20(16)6/h15-16H,7-14H2,1-6H3,(H,19,22). The summed E-state index contributed by atoms with van der Waals surface area (Å²) in [5, 5.41) is 3.14. The maximum atomic E-state index is 12.0. The van der Waals surface area contributed by atoms with E-state index in [1.54, 1.807) is 0 Å². The summed E-state index contributed by atoms with van der Waals surface area (Å²) < 4.78 is 0. The molecule has 0 aliphatic carbocycles. The van der Waals surface area contributed by atoms with Crippen molar-refractivity contribution in [1.82, 2.24) is 15.1 Å². The molecule has 1 amide bonds. The van der Waals surface area contributed by atoms with Crippen LogP contribution in [-0.2, 0) is 4.79 Å². The van der Waals surface area contributed by atoms with Crippen LogP contribution in [0.3, 0.4) is 0 Å². The zero-order valence-electron chi connectivity index (χ0n) is 15.6. The van der Waals surface area contributed by atoms with Gasteiger partial charge in [0.1, 0.15) is 0 Å². The number of carbonyl (C=O) groups is 1. The first kappa shape index (κ1) is 19.4. The second kappa shape index (κ2) is 8.88. The van der Waals surface area contributed by atoms with Crippen LogP contribution in [-0.4, -0.2) is 60.5 Å². The molecule has 1 rings (SSSR count). The fourth-order valence-corrected chi connectivity index (χ4v) is 2.93. The summed E-state index contributed by atoms with van der Waals surface area (Å²) >= 11 is 0. The number of hydrogen-bond acceptors (Lipinski definition) is 3. The van der Waals surface area contributed by atoms with Gasteiger partial charge in [-0.3, -0.25) is 14.6 Å². The molecule has 1 heterocycles. The number of unbranched alkanes of at least 4 members (excludes halogenated alkanes) is 1. The molecule has 1 aliphatic heterocycles. The number of carbonyl (C=O) groups excluding carboxylic acids is 1. The maximum absolute atomic E-state index is 12.0. The van der Waals surface area contributed by atoms with Crippen molar-refractivity contribution in [3.05, 3.63) is 0 Å². The van der Waals surface area contributed by atoms with Crippen LogP contribution >= 0.6 is 0 Å². The zero-order chi connectivity index (χ0) is 16.8. The third-order valence-corrected chi connectivity index (χ3v) is 4.70. The number of likely N-dealkylation sites (N-methyl/N-ethyl adjacent to an activating group) is 1. The molecule has 0 aromatic heterocycles. The summed E-state index contributed by atoms with van der Waals surface area (Å²) in [4.78, 5) is 16.9. The number of hydrogen-bond donors (Lipinski definition) is 1. The molecule has 1 saturated heterocycles. The zero-order valence-corrected chi connectivity index (χ0v) is 15.6. The first-order valence-corrected chi connectivity index (χ1v) is 8.92. The normalized spacial score (nSPS) is 21.3. The Morgan fingerprint density at radius 2 is 1.91 bits per heavy atom. The van der Waals surface area contributed by atoms with E-state index in [1.165, 1.54) is 6.42 Å². The predicted molar refractivity (Wildman–Crippen MR) is 94.1 cm³/mol. The minimum atomic E-state index is 0.209. The van der Waals surface area contributed by atoms with Gasteiger partial charge in [0.2, 0.25) is 5.91 Å². The number of amides is 1. The highest BCUT2D eigenvalue weighted by atomic mass is 16.1. The van der Waals surface area contributed by atoms with E-state index in [-0.39, 0.29) is 11.4 Å². The van der Waals surface area contributed by atoms with Crippen molar-refractivity contribution < 1.29 is 4.79 Å². The van der Waals surface area contributed by atoms with Gasteiger partial charge in [-0.05, 0) is 40.2 Å². The molecule has 1 N–H and O–H groups in total. The minimum absolute atomic E-state index is 0.209. The van der Waals surface area contributed by atoms with Crippen LogP contribution in [0.25, 0.3) is 0 Å². The monoisotopic (exact) mass is 311 g/mol. The Labute approximate surface area is 137 Å². The Kier molecular flexibility index (Phi) is 7.84. The van der Waals surface area contributed by atoms with E-state index in [4.69, 9.17) is 0 Å². The molecule has 0 radical (unpaired) electrons. The molecule has 0 bridgehead atoms. The summed E-state index contributed by atoms with van der Waals surface area (Å²) in [6.07, 6.45) is 4.07. The van der Waals surface area contributed by atoms with E-state index in [2.05, 4.69) is 56.8 Å². The second-order valence-electron chi connectivity index (χ2n) is 8.19. The smallest absolute Gasteiger partial charge is 0.220 e. The topological polar surface area (TPSA) is 35.6 Å². The van der Waals surface area contributed by atoms with E-state index in [1.807, 2.05) is 0 Å². The molecule has 0 saturated carbocycles. The largest absolute Gasteiger partial charge is 0.354 e. The SMILES string of the molecule is CC(C)CCCCC(=O)NCC1CN(C(C)(C)C)CCN1C. The van der Waals surface area contributed by atoms with Gasteiger partial charge in [-0.2, -0.15) is 0 Å². The van der Waals surface area contributed by atoms with E-state index in [9.17, 15) is 4.79 Å². The molecule has 130 valence electrons. The van der Waals surface area contributed by atoms with Crippen molar-refractivity contribution in [3.8, 4) is 0 Å². The summed E-state index contributed by atoms with van der Waals surface area (Å²) in [7, 11) is 2.17. The first-order chi connectivity index (χ1) is 10.2. The lowest BCUT2D eigenvalue weighted by atomic mass is 10.0. The van der Waals surface area contributed by atoms with Crippen molar-refractivity contribution >= 4 is 5.91 Å². The molecule has 1 atom stereocenters. The van der Waals surface area contributed by atoms with Crippen molar-refractivity contribution in [1.29, 1.82) is 0 Å². The molecule has 4 heteroatoms. The van der Waals surface area contributed by atoms with Gasteiger partial charge in [0, 0.05) is 44.2 Å². The van der Waals surface area contributed by atoms with Crippen LogP contribution in [0.1, 0.15) is 60.3 Å². The summed E-state index contributed by atoms with van der Waals surface area (Å²) in [5.41, 5.74) is 0.209. The predicted octanol–water partition coefficient (Wildman–Crippen LogP) is 2.73. The van der Waals surface area contributed by atoms with Gasteiger partial charge >= 0.3 is 0 Å². The molecule has 4 nitrogen and oxygen atoms in total. The molecule has 0 aromatic carbocycles. The van der Waals surface area contributed by atoms with E-state index in [0.29, 0.717) is 12.5 Å². The number of piperazine rings is 1. The average molecular weight is 312 g/mol. The van der Waals surface area contributed by atoms with Crippen LogP contribution < -0.4 is 5.32 Å². The highest BCUT2D eigenvalue weighted by Crippen LogP contribution is 2.18. The van der Waals surface area contributed by atoms with Crippen LogP contribution in [0.15, 0.2) is 0 Å². The molecule has 1 unspecified atom stereocenters. The Morgan fingerprint density at radius 1 is 1.23 bits per heavy atom. The molecule has 22 heavy (non-hydrogen) atoms. The van der Waals surface area contributed by atoms with Crippen LogP contribution in [0.4, 0.5) is 0 Å². The quantitative estimate of drug-likeness (QED) is 0.734. The Hall–Kier alpha value is -0.610. The van der Waals surface area contributed by atoms with Gasteiger partial charge < -0.3 is 5.32 Å². The fourth-order valence-electron chi connectivity index (χ4n) is 2.93. The van der Waals surface area contributed by atoms with Gasteiger partial charge in [-0.15, -0.1) is 0 Å². The lowest BCUT2D eigenvalue weighted by Crippen LogP contribution is -2.59.